The third kappa shape index (κ3) is 4.62. The summed E-state index contributed by atoms with van der Waals surface area (Å²) < 4.78 is 6.54. The largest absolute Gasteiger partial charge is 0.462 e. The normalized spacial score (nSPS) is 10.9. The van der Waals surface area contributed by atoms with Gasteiger partial charge in [-0.1, -0.05) is 24.8 Å². The number of nitrogens with one attached hydrogen (secondary N) is 1. The molecule has 0 aliphatic carbocycles. The number of ether oxygens (including phenoxy) is 1. The van der Waals surface area contributed by atoms with E-state index in [4.69, 9.17) is 10.6 Å². The van der Waals surface area contributed by atoms with Crippen LogP contribution in [0.4, 0.5) is 5.00 Å². The zero-order chi connectivity index (χ0) is 21.0. The second-order valence-electron chi connectivity index (χ2n) is 5.91. The highest BCUT2D eigenvalue weighted by atomic mass is 32.2. The summed E-state index contributed by atoms with van der Waals surface area (Å²) >= 11 is 4.07. The minimum absolute atomic E-state index is 0.0838. The van der Waals surface area contributed by atoms with E-state index in [1.165, 1.54) is 39.1 Å². The predicted molar refractivity (Wildman–Crippen MR) is 117 cm³/mol. The van der Waals surface area contributed by atoms with Crippen LogP contribution in [0.2, 0.25) is 0 Å². The number of anilines is 1. The predicted octanol–water partition coefficient (Wildman–Crippen LogP) is 3.56. The number of carbonyl (C=O) groups excluding carboxylic acids is 2. The lowest BCUT2D eigenvalue weighted by Gasteiger charge is -2.08. The summed E-state index contributed by atoms with van der Waals surface area (Å²) in [6.45, 7) is 5.93. The van der Waals surface area contributed by atoms with Crippen molar-refractivity contribution < 1.29 is 14.3 Å². The molecule has 3 rings (SSSR count). The first-order valence-electron chi connectivity index (χ1n) is 8.92. The maximum Gasteiger partial charge on any atom is 0.341 e. The molecule has 3 heterocycles. The fourth-order valence-corrected chi connectivity index (χ4v) is 5.26. The number of hydrogen-bond donors (Lipinski definition) is 2. The summed E-state index contributed by atoms with van der Waals surface area (Å²) in [5, 5.41) is 13.9. The van der Waals surface area contributed by atoms with Crippen LogP contribution in [-0.2, 0) is 16.0 Å². The minimum Gasteiger partial charge on any atom is -0.462 e. The molecule has 0 aliphatic rings. The first-order valence-corrected chi connectivity index (χ1v) is 11.6. The number of esters is 1. The first kappa shape index (κ1) is 21.3. The van der Waals surface area contributed by atoms with Crippen LogP contribution in [0.3, 0.4) is 0 Å². The molecule has 0 aliphatic heterocycles. The van der Waals surface area contributed by atoms with Crippen LogP contribution in [0.25, 0.3) is 10.7 Å². The van der Waals surface area contributed by atoms with E-state index in [2.05, 4.69) is 15.5 Å². The van der Waals surface area contributed by atoms with Crippen LogP contribution >= 0.6 is 34.4 Å². The van der Waals surface area contributed by atoms with Gasteiger partial charge in [-0.2, -0.15) is 0 Å². The quantitative estimate of drug-likeness (QED) is 0.306. The average Bonchev–Trinajstić information content (AvgIpc) is 3.39. The summed E-state index contributed by atoms with van der Waals surface area (Å²) in [5.74, 6) is 6.02. The summed E-state index contributed by atoms with van der Waals surface area (Å²) in [7, 11) is 0. The number of carbonyl (C=O) groups is 2. The highest BCUT2D eigenvalue weighted by Crippen LogP contribution is 2.34. The number of aromatic nitrogens is 3. The number of amides is 1. The molecule has 0 atom stereocenters. The molecule has 0 fully saturated rings. The van der Waals surface area contributed by atoms with Crippen LogP contribution in [0.1, 0.15) is 34.6 Å². The van der Waals surface area contributed by atoms with E-state index >= 15 is 0 Å². The maximum absolute atomic E-state index is 12.5. The molecule has 1 amide bonds. The molecular formula is C18H21N5O3S3. The van der Waals surface area contributed by atoms with Crippen LogP contribution in [-0.4, -0.2) is 39.1 Å². The Balaban J connectivity index is 1.70. The topological polar surface area (TPSA) is 112 Å². The SMILES string of the molecule is CCOC(=O)c1c(NC(=O)CSc2nnc(-c3cccs3)n2N)sc(C)c1CC. The van der Waals surface area contributed by atoms with Gasteiger partial charge in [-0.15, -0.1) is 32.9 Å². The van der Waals surface area contributed by atoms with Gasteiger partial charge < -0.3 is 15.9 Å². The molecule has 0 aromatic carbocycles. The number of rotatable bonds is 8. The molecule has 0 radical (unpaired) electrons. The monoisotopic (exact) mass is 451 g/mol. The van der Waals surface area contributed by atoms with Crippen molar-refractivity contribution in [2.45, 2.75) is 32.3 Å². The molecule has 154 valence electrons. The maximum atomic E-state index is 12.5. The molecule has 0 unspecified atom stereocenters. The van der Waals surface area contributed by atoms with E-state index in [-0.39, 0.29) is 18.3 Å². The molecule has 0 saturated heterocycles. The second kappa shape index (κ2) is 9.42. The molecule has 11 heteroatoms. The van der Waals surface area contributed by atoms with Gasteiger partial charge in [0.05, 0.1) is 22.8 Å². The number of nitrogen functional groups attached to an aromatic ring is 1. The lowest BCUT2D eigenvalue weighted by atomic mass is 10.1. The fraction of sp³-hybridized carbons (Fsp3) is 0.333. The fourth-order valence-electron chi connectivity index (χ4n) is 2.75. The Hall–Kier alpha value is -2.37. The van der Waals surface area contributed by atoms with Gasteiger partial charge in [0, 0.05) is 4.88 Å². The Kier molecular flexibility index (Phi) is 6.93. The van der Waals surface area contributed by atoms with E-state index < -0.39 is 5.97 Å². The Morgan fingerprint density at radius 3 is 2.79 bits per heavy atom. The molecule has 3 aromatic rings. The number of thioether (sulfide) groups is 1. The van der Waals surface area contributed by atoms with E-state index in [1.807, 2.05) is 31.4 Å². The van der Waals surface area contributed by atoms with Crippen LogP contribution < -0.4 is 11.2 Å². The molecule has 3 N–H and O–H groups in total. The average molecular weight is 452 g/mol. The number of nitrogens with two attached hydrogens (primary N) is 1. The van der Waals surface area contributed by atoms with Crippen molar-refractivity contribution in [3.8, 4) is 10.7 Å². The highest BCUT2D eigenvalue weighted by Gasteiger charge is 2.23. The Bertz CT molecular complexity index is 1010. The van der Waals surface area contributed by atoms with Gasteiger partial charge in [0.15, 0.2) is 5.82 Å². The number of nitrogens with zero attached hydrogens (tertiary/aromatic N) is 3. The van der Waals surface area contributed by atoms with Gasteiger partial charge in [0.25, 0.3) is 0 Å². The number of hydrogen-bond acceptors (Lipinski definition) is 9. The van der Waals surface area contributed by atoms with Gasteiger partial charge >= 0.3 is 5.97 Å². The molecule has 29 heavy (non-hydrogen) atoms. The van der Waals surface area contributed by atoms with Crippen LogP contribution in [0.15, 0.2) is 22.7 Å². The van der Waals surface area contributed by atoms with E-state index in [9.17, 15) is 9.59 Å². The first-order chi connectivity index (χ1) is 14.0. The van der Waals surface area contributed by atoms with Crippen molar-refractivity contribution in [3.05, 3.63) is 33.5 Å². The zero-order valence-electron chi connectivity index (χ0n) is 16.2. The minimum atomic E-state index is -0.418. The summed E-state index contributed by atoms with van der Waals surface area (Å²) in [6.07, 6.45) is 0.683. The van der Waals surface area contributed by atoms with Crippen LogP contribution in [0, 0.1) is 6.92 Å². The zero-order valence-corrected chi connectivity index (χ0v) is 18.7. The van der Waals surface area contributed by atoms with Crippen molar-refractivity contribution in [3.63, 3.8) is 0 Å². The van der Waals surface area contributed by atoms with Crippen molar-refractivity contribution in [2.24, 2.45) is 0 Å². The second-order valence-corrected chi connectivity index (χ2v) is 9.02. The van der Waals surface area contributed by atoms with Gasteiger partial charge in [-0.3, -0.25) is 4.79 Å². The third-order valence-corrected chi connectivity index (χ3v) is 6.91. The summed E-state index contributed by atoms with van der Waals surface area (Å²) in [6, 6.07) is 3.81. The molecule has 0 saturated carbocycles. The Morgan fingerprint density at radius 1 is 1.34 bits per heavy atom. The highest BCUT2D eigenvalue weighted by molar-refractivity contribution is 7.99. The number of thiophene rings is 2. The Labute approximate surface area is 180 Å². The molecule has 0 spiro atoms. The summed E-state index contributed by atoms with van der Waals surface area (Å²) in [4.78, 5) is 26.8. The van der Waals surface area contributed by atoms with Crippen LogP contribution in [0.5, 0.6) is 0 Å². The molecular weight excluding hydrogens is 430 g/mol. The number of aryl methyl sites for hydroxylation is 1. The van der Waals surface area contributed by atoms with E-state index in [0.29, 0.717) is 28.0 Å². The smallest absolute Gasteiger partial charge is 0.341 e. The van der Waals surface area contributed by atoms with E-state index in [1.54, 1.807) is 6.92 Å². The lowest BCUT2D eigenvalue weighted by Crippen LogP contribution is -2.18. The molecule has 8 nitrogen and oxygen atoms in total. The van der Waals surface area contributed by atoms with Crippen molar-refractivity contribution in [1.82, 2.24) is 14.9 Å². The molecule has 0 bridgehead atoms. The molecule has 3 aromatic heterocycles. The Morgan fingerprint density at radius 2 is 2.14 bits per heavy atom. The van der Waals surface area contributed by atoms with Gasteiger partial charge in [0.2, 0.25) is 11.1 Å². The standard InChI is InChI=1S/C18H21N5O3S3/c1-4-11-10(3)29-16(14(11)17(25)26-5-2)20-13(24)9-28-18-22-21-15(23(18)19)12-7-6-8-27-12/h6-8H,4-5,9,19H2,1-3H3,(H,20,24). The van der Waals surface area contributed by atoms with Gasteiger partial charge in [0.1, 0.15) is 5.00 Å². The summed E-state index contributed by atoms with van der Waals surface area (Å²) in [5.41, 5.74) is 1.34. The van der Waals surface area contributed by atoms with Crippen molar-refractivity contribution >= 4 is 51.3 Å². The van der Waals surface area contributed by atoms with E-state index in [0.717, 1.165) is 15.3 Å². The third-order valence-electron chi connectivity index (χ3n) is 4.03. The van der Waals surface area contributed by atoms with Crippen molar-refractivity contribution in [1.29, 1.82) is 0 Å². The van der Waals surface area contributed by atoms with Crippen molar-refractivity contribution in [2.75, 3.05) is 23.5 Å². The van der Waals surface area contributed by atoms with Gasteiger partial charge in [-0.05, 0) is 37.3 Å². The lowest BCUT2D eigenvalue weighted by molar-refractivity contribution is -0.113. The van der Waals surface area contributed by atoms with Gasteiger partial charge in [-0.25, -0.2) is 9.47 Å².